The van der Waals surface area contributed by atoms with Gasteiger partial charge in [-0.15, -0.1) is 0 Å². The van der Waals surface area contributed by atoms with Crippen LogP contribution in [0.25, 0.3) is 0 Å². The Hall–Kier alpha value is -1.60. The predicted octanol–water partition coefficient (Wildman–Crippen LogP) is 1.45. The lowest BCUT2D eigenvalue weighted by Gasteiger charge is -2.17. The summed E-state index contributed by atoms with van der Waals surface area (Å²) in [6.07, 6.45) is -5.48. The molecule has 1 aromatic carbocycles. The van der Waals surface area contributed by atoms with E-state index in [1.165, 1.54) is 12.1 Å². The van der Waals surface area contributed by atoms with Crippen molar-refractivity contribution in [2.45, 2.75) is 12.3 Å². The van der Waals surface area contributed by atoms with Gasteiger partial charge < -0.3 is 5.11 Å². The molecule has 1 heterocycles. The molecule has 18 heavy (non-hydrogen) atoms. The van der Waals surface area contributed by atoms with Crippen molar-refractivity contribution in [2.24, 2.45) is 0 Å². The molecule has 1 fully saturated rings. The molecule has 4 nitrogen and oxygen atoms in total. The van der Waals surface area contributed by atoms with Crippen molar-refractivity contribution in [2.75, 3.05) is 13.2 Å². The first kappa shape index (κ1) is 12.8. The van der Waals surface area contributed by atoms with Gasteiger partial charge in [0.05, 0.1) is 17.7 Å². The van der Waals surface area contributed by atoms with E-state index in [-0.39, 0.29) is 13.2 Å². The molecule has 0 saturated carbocycles. The van der Waals surface area contributed by atoms with Gasteiger partial charge in [0.15, 0.2) is 0 Å². The first-order chi connectivity index (χ1) is 8.39. The van der Waals surface area contributed by atoms with E-state index in [0.29, 0.717) is 0 Å². The second-order valence-electron chi connectivity index (χ2n) is 3.86. The average Bonchev–Trinajstić information content (AvgIpc) is 2.74. The molecule has 98 valence electrons. The number of aliphatic hydroxyl groups excluding tert-OH is 1. The van der Waals surface area contributed by atoms with E-state index >= 15 is 0 Å². The Morgan fingerprint density at radius 3 is 2.61 bits per heavy atom. The van der Waals surface area contributed by atoms with Gasteiger partial charge >= 0.3 is 6.18 Å². The maximum absolute atomic E-state index is 12.7. The number of hydrogen-bond donors (Lipinski definition) is 1. The van der Waals surface area contributed by atoms with E-state index in [2.05, 4.69) is 0 Å². The first-order valence-corrected chi connectivity index (χ1v) is 5.18. The highest BCUT2D eigenvalue weighted by atomic mass is 19.4. The number of amides is 1. The highest BCUT2D eigenvalue weighted by Crippen LogP contribution is 2.32. The summed E-state index contributed by atoms with van der Waals surface area (Å²) in [5, 5.41) is 9.93. The third kappa shape index (κ3) is 2.46. The van der Waals surface area contributed by atoms with Crippen LogP contribution in [0.15, 0.2) is 24.3 Å². The monoisotopic (exact) mass is 261 g/mol. The van der Waals surface area contributed by atoms with Crippen molar-refractivity contribution in [3.63, 3.8) is 0 Å². The zero-order chi connectivity index (χ0) is 13.3. The highest BCUT2D eigenvalue weighted by Gasteiger charge is 2.37. The number of rotatable bonds is 1. The molecule has 0 aliphatic carbocycles. The van der Waals surface area contributed by atoms with Crippen molar-refractivity contribution < 1.29 is 27.9 Å². The van der Waals surface area contributed by atoms with Gasteiger partial charge in [-0.1, -0.05) is 12.1 Å². The number of halogens is 3. The number of alkyl halides is 3. The molecule has 1 aliphatic rings. The number of nitrogens with zero attached hydrogens (tertiary/aromatic N) is 1. The topological polar surface area (TPSA) is 49.8 Å². The van der Waals surface area contributed by atoms with Crippen molar-refractivity contribution in [1.29, 1.82) is 0 Å². The number of aliphatic hydroxyl groups is 1. The summed E-state index contributed by atoms with van der Waals surface area (Å²) in [6.45, 7) is -0.231. The molecule has 1 aliphatic heterocycles. The SMILES string of the molecule is O=C(c1ccccc1C(F)(F)F)N1C[C@@H](O)CO1. The number of β-amino-alcohol motifs (C(OH)–C–C–N with tert-alkyl or cyclic N) is 1. The van der Waals surface area contributed by atoms with Gasteiger partial charge in [0.25, 0.3) is 5.91 Å². The van der Waals surface area contributed by atoms with Crippen LogP contribution in [0.4, 0.5) is 13.2 Å². The van der Waals surface area contributed by atoms with Crippen LogP contribution >= 0.6 is 0 Å². The summed E-state index contributed by atoms with van der Waals surface area (Å²) < 4.78 is 38.1. The van der Waals surface area contributed by atoms with Crippen LogP contribution in [0, 0.1) is 0 Å². The number of hydrogen-bond acceptors (Lipinski definition) is 3. The quantitative estimate of drug-likeness (QED) is 0.832. The Morgan fingerprint density at radius 2 is 2.06 bits per heavy atom. The maximum Gasteiger partial charge on any atom is 0.417 e. The lowest BCUT2D eigenvalue weighted by Crippen LogP contribution is -2.30. The van der Waals surface area contributed by atoms with Crippen molar-refractivity contribution in [1.82, 2.24) is 5.06 Å². The highest BCUT2D eigenvalue weighted by molar-refractivity contribution is 5.95. The van der Waals surface area contributed by atoms with E-state index < -0.39 is 29.3 Å². The second kappa shape index (κ2) is 4.58. The number of carbonyl (C=O) groups is 1. The molecule has 1 amide bonds. The molecule has 1 N–H and O–H groups in total. The summed E-state index contributed by atoms with van der Waals surface area (Å²) in [4.78, 5) is 16.7. The second-order valence-corrected chi connectivity index (χ2v) is 3.86. The maximum atomic E-state index is 12.7. The molecule has 1 aromatic rings. The molecule has 0 aromatic heterocycles. The van der Waals surface area contributed by atoms with Crippen LogP contribution < -0.4 is 0 Å². The van der Waals surface area contributed by atoms with Crippen LogP contribution in [0.5, 0.6) is 0 Å². The van der Waals surface area contributed by atoms with Crippen LogP contribution in [0.3, 0.4) is 0 Å². The van der Waals surface area contributed by atoms with Gasteiger partial charge in [-0.05, 0) is 12.1 Å². The molecular formula is C11H10F3NO3. The van der Waals surface area contributed by atoms with E-state index in [1.54, 1.807) is 0 Å². The molecular weight excluding hydrogens is 251 g/mol. The fraction of sp³-hybridized carbons (Fsp3) is 0.364. The fourth-order valence-electron chi connectivity index (χ4n) is 1.67. The zero-order valence-corrected chi connectivity index (χ0v) is 9.15. The Balaban J connectivity index is 2.31. The summed E-state index contributed by atoms with van der Waals surface area (Å²) in [5.41, 5.74) is -1.50. The van der Waals surface area contributed by atoms with Gasteiger partial charge in [0.1, 0.15) is 12.7 Å². The van der Waals surface area contributed by atoms with Crippen LogP contribution in [0.2, 0.25) is 0 Å². The number of benzene rings is 1. The molecule has 7 heteroatoms. The van der Waals surface area contributed by atoms with E-state index in [0.717, 1.165) is 17.2 Å². The van der Waals surface area contributed by atoms with Crippen molar-refractivity contribution in [3.8, 4) is 0 Å². The normalized spacial score (nSPS) is 20.2. The van der Waals surface area contributed by atoms with Crippen molar-refractivity contribution in [3.05, 3.63) is 35.4 Å². The molecule has 0 radical (unpaired) electrons. The lowest BCUT2D eigenvalue weighted by molar-refractivity contribution is -0.138. The lowest BCUT2D eigenvalue weighted by atomic mass is 10.1. The summed E-state index contributed by atoms with van der Waals surface area (Å²) >= 11 is 0. The Morgan fingerprint density at radius 1 is 1.39 bits per heavy atom. The van der Waals surface area contributed by atoms with Crippen LogP contribution in [-0.4, -0.2) is 35.3 Å². The fourth-order valence-corrected chi connectivity index (χ4v) is 1.67. The van der Waals surface area contributed by atoms with Gasteiger partial charge in [0.2, 0.25) is 0 Å². The molecule has 0 spiro atoms. The molecule has 0 unspecified atom stereocenters. The third-order valence-corrected chi connectivity index (χ3v) is 2.49. The Kier molecular flexibility index (Phi) is 3.27. The summed E-state index contributed by atoms with van der Waals surface area (Å²) in [6, 6.07) is 4.47. The summed E-state index contributed by atoms with van der Waals surface area (Å²) in [7, 11) is 0. The minimum absolute atomic E-state index is 0.0973. The Labute approximate surface area is 101 Å². The standard InChI is InChI=1S/C11H10F3NO3/c12-11(13,14)9-4-2-1-3-8(9)10(17)15-5-7(16)6-18-15/h1-4,7,16H,5-6H2/t7-/m1/s1. The first-order valence-electron chi connectivity index (χ1n) is 5.18. The van der Waals surface area contributed by atoms with Gasteiger partial charge in [0, 0.05) is 0 Å². The molecule has 1 atom stereocenters. The van der Waals surface area contributed by atoms with Crippen LogP contribution in [-0.2, 0) is 11.0 Å². The molecule has 2 rings (SSSR count). The third-order valence-electron chi connectivity index (χ3n) is 2.49. The van der Waals surface area contributed by atoms with E-state index in [9.17, 15) is 23.1 Å². The van der Waals surface area contributed by atoms with E-state index in [1.807, 2.05) is 0 Å². The average molecular weight is 261 g/mol. The minimum atomic E-state index is -4.61. The number of hydroxylamine groups is 2. The number of carbonyl (C=O) groups excluding carboxylic acids is 1. The predicted molar refractivity (Wildman–Crippen MR) is 54.4 cm³/mol. The van der Waals surface area contributed by atoms with E-state index in [4.69, 9.17) is 4.84 Å². The largest absolute Gasteiger partial charge is 0.417 e. The Bertz CT molecular complexity index is 461. The smallest absolute Gasteiger partial charge is 0.389 e. The zero-order valence-electron chi connectivity index (χ0n) is 9.15. The summed E-state index contributed by atoms with van der Waals surface area (Å²) in [5.74, 6) is -0.903. The van der Waals surface area contributed by atoms with Gasteiger partial charge in [-0.25, -0.2) is 5.06 Å². The molecule has 0 bridgehead atoms. The minimum Gasteiger partial charge on any atom is -0.389 e. The van der Waals surface area contributed by atoms with Gasteiger partial charge in [-0.2, -0.15) is 13.2 Å². The van der Waals surface area contributed by atoms with Gasteiger partial charge in [-0.3, -0.25) is 9.63 Å². The van der Waals surface area contributed by atoms with Crippen LogP contribution in [0.1, 0.15) is 15.9 Å². The molecule has 1 saturated heterocycles. The van der Waals surface area contributed by atoms with Crippen molar-refractivity contribution >= 4 is 5.91 Å².